The highest BCUT2D eigenvalue weighted by Gasteiger charge is 2.08. The Morgan fingerprint density at radius 3 is 2.16 bits per heavy atom. The Bertz CT molecular complexity index is 640. The SMILES string of the molecule is CCc1cc(CCCC(CO)CO)ccc1-c1ccc(C(C)C)cc1. The molecule has 0 saturated carbocycles. The van der Waals surface area contributed by atoms with E-state index in [2.05, 4.69) is 63.2 Å². The fourth-order valence-electron chi connectivity index (χ4n) is 3.26. The van der Waals surface area contributed by atoms with Crippen LogP contribution in [0.3, 0.4) is 0 Å². The highest BCUT2D eigenvalue weighted by atomic mass is 16.3. The molecular formula is C23H32O2. The van der Waals surface area contributed by atoms with Crippen molar-refractivity contribution in [2.45, 2.75) is 52.4 Å². The van der Waals surface area contributed by atoms with Crippen molar-refractivity contribution >= 4 is 0 Å². The third-order valence-electron chi connectivity index (χ3n) is 5.03. The lowest BCUT2D eigenvalue weighted by molar-refractivity contribution is 0.142. The number of benzene rings is 2. The highest BCUT2D eigenvalue weighted by molar-refractivity contribution is 5.68. The maximum absolute atomic E-state index is 9.16. The summed E-state index contributed by atoms with van der Waals surface area (Å²) < 4.78 is 0. The zero-order valence-electron chi connectivity index (χ0n) is 15.8. The molecule has 2 nitrogen and oxygen atoms in total. The number of aliphatic hydroxyl groups excluding tert-OH is 2. The van der Waals surface area contributed by atoms with Crippen molar-refractivity contribution in [2.24, 2.45) is 5.92 Å². The van der Waals surface area contributed by atoms with Crippen LogP contribution in [-0.2, 0) is 12.8 Å². The van der Waals surface area contributed by atoms with E-state index in [0.717, 1.165) is 25.7 Å². The van der Waals surface area contributed by atoms with Crippen LogP contribution in [0.4, 0.5) is 0 Å². The first-order valence-corrected chi connectivity index (χ1v) is 9.52. The second kappa shape index (κ2) is 9.74. The van der Waals surface area contributed by atoms with Crippen molar-refractivity contribution in [3.05, 3.63) is 59.2 Å². The maximum atomic E-state index is 9.16. The van der Waals surface area contributed by atoms with Crippen LogP contribution in [0.25, 0.3) is 11.1 Å². The number of hydrogen-bond donors (Lipinski definition) is 2. The van der Waals surface area contributed by atoms with Crippen molar-refractivity contribution in [3.63, 3.8) is 0 Å². The predicted octanol–water partition coefficient (Wildman–Crippen LogP) is 4.96. The Morgan fingerprint density at radius 2 is 1.60 bits per heavy atom. The Labute approximate surface area is 152 Å². The smallest absolute Gasteiger partial charge is 0.0481 e. The normalized spacial score (nSPS) is 11.5. The minimum atomic E-state index is 0.0180. The van der Waals surface area contributed by atoms with Crippen LogP contribution in [0, 0.1) is 5.92 Å². The fourth-order valence-corrected chi connectivity index (χ4v) is 3.26. The van der Waals surface area contributed by atoms with E-state index < -0.39 is 0 Å². The molecule has 2 aromatic rings. The van der Waals surface area contributed by atoms with E-state index in [9.17, 15) is 0 Å². The minimum absolute atomic E-state index is 0.0180. The monoisotopic (exact) mass is 340 g/mol. The van der Waals surface area contributed by atoms with Gasteiger partial charge in [0, 0.05) is 19.1 Å². The molecule has 0 fully saturated rings. The standard InChI is InChI=1S/C23H32O2/c1-4-20-14-18(6-5-7-19(15-24)16-25)8-13-23(20)22-11-9-21(10-12-22)17(2)3/h8-14,17,19,24-25H,4-7,15-16H2,1-3H3. The van der Waals surface area contributed by atoms with E-state index in [4.69, 9.17) is 10.2 Å². The number of aryl methyl sites for hydroxylation is 2. The van der Waals surface area contributed by atoms with Gasteiger partial charge in [-0.1, -0.05) is 63.2 Å². The molecule has 0 aliphatic rings. The maximum Gasteiger partial charge on any atom is 0.0481 e. The Kier molecular flexibility index (Phi) is 7.67. The lowest BCUT2D eigenvalue weighted by Crippen LogP contribution is -2.11. The summed E-state index contributed by atoms with van der Waals surface area (Å²) >= 11 is 0. The molecule has 0 unspecified atom stereocenters. The predicted molar refractivity (Wildman–Crippen MR) is 106 cm³/mol. The molecule has 2 heteroatoms. The van der Waals surface area contributed by atoms with E-state index in [0.29, 0.717) is 5.92 Å². The van der Waals surface area contributed by atoms with Gasteiger partial charge in [0.1, 0.15) is 0 Å². The van der Waals surface area contributed by atoms with Crippen molar-refractivity contribution in [3.8, 4) is 11.1 Å². The zero-order chi connectivity index (χ0) is 18.2. The molecule has 0 aliphatic carbocycles. The van der Waals surface area contributed by atoms with Crippen LogP contribution in [0.1, 0.15) is 56.2 Å². The molecule has 0 spiro atoms. The summed E-state index contributed by atoms with van der Waals surface area (Å²) in [4.78, 5) is 0. The lowest BCUT2D eigenvalue weighted by atomic mass is 9.92. The zero-order valence-corrected chi connectivity index (χ0v) is 15.8. The number of hydrogen-bond acceptors (Lipinski definition) is 2. The molecule has 25 heavy (non-hydrogen) atoms. The second-order valence-electron chi connectivity index (χ2n) is 7.25. The summed E-state index contributed by atoms with van der Waals surface area (Å²) in [6, 6.07) is 15.7. The van der Waals surface area contributed by atoms with E-state index in [1.807, 2.05) is 0 Å². The molecule has 2 aromatic carbocycles. The number of rotatable bonds is 9. The molecule has 0 atom stereocenters. The summed E-state index contributed by atoms with van der Waals surface area (Å²) in [5.74, 6) is 0.577. The van der Waals surface area contributed by atoms with Crippen LogP contribution in [0.15, 0.2) is 42.5 Å². The lowest BCUT2D eigenvalue weighted by Gasteiger charge is -2.14. The molecular weight excluding hydrogens is 308 g/mol. The van der Waals surface area contributed by atoms with Crippen LogP contribution >= 0.6 is 0 Å². The summed E-state index contributed by atoms with van der Waals surface area (Å²) in [5, 5.41) is 18.3. The Balaban J connectivity index is 2.10. The van der Waals surface area contributed by atoms with E-state index in [1.54, 1.807) is 0 Å². The van der Waals surface area contributed by atoms with Gasteiger partial charge in [0.25, 0.3) is 0 Å². The van der Waals surface area contributed by atoms with Gasteiger partial charge in [0.2, 0.25) is 0 Å². The summed E-state index contributed by atoms with van der Waals surface area (Å²) in [6.45, 7) is 6.79. The minimum Gasteiger partial charge on any atom is -0.396 e. The van der Waals surface area contributed by atoms with Crippen LogP contribution < -0.4 is 0 Å². The van der Waals surface area contributed by atoms with Crippen molar-refractivity contribution in [1.29, 1.82) is 0 Å². The first kappa shape index (κ1) is 19.7. The average Bonchev–Trinajstić information content (AvgIpc) is 2.65. The van der Waals surface area contributed by atoms with E-state index in [1.165, 1.54) is 27.8 Å². The van der Waals surface area contributed by atoms with Crippen LogP contribution in [0.5, 0.6) is 0 Å². The fraction of sp³-hybridized carbons (Fsp3) is 0.478. The highest BCUT2D eigenvalue weighted by Crippen LogP contribution is 2.27. The molecule has 0 radical (unpaired) electrons. The molecule has 0 heterocycles. The van der Waals surface area contributed by atoms with E-state index >= 15 is 0 Å². The molecule has 0 bridgehead atoms. The topological polar surface area (TPSA) is 40.5 Å². The third kappa shape index (κ3) is 5.42. The quantitative estimate of drug-likeness (QED) is 0.677. The van der Waals surface area contributed by atoms with Gasteiger partial charge in [0.15, 0.2) is 0 Å². The van der Waals surface area contributed by atoms with Gasteiger partial charge in [-0.15, -0.1) is 0 Å². The first-order valence-electron chi connectivity index (χ1n) is 9.52. The third-order valence-corrected chi connectivity index (χ3v) is 5.03. The molecule has 2 N–H and O–H groups in total. The molecule has 136 valence electrons. The van der Waals surface area contributed by atoms with E-state index in [-0.39, 0.29) is 19.1 Å². The van der Waals surface area contributed by atoms with Crippen molar-refractivity contribution < 1.29 is 10.2 Å². The van der Waals surface area contributed by atoms with Crippen LogP contribution in [0.2, 0.25) is 0 Å². The van der Waals surface area contributed by atoms with Gasteiger partial charge in [-0.2, -0.15) is 0 Å². The Morgan fingerprint density at radius 1 is 0.920 bits per heavy atom. The van der Waals surface area contributed by atoms with Gasteiger partial charge < -0.3 is 10.2 Å². The second-order valence-corrected chi connectivity index (χ2v) is 7.25. The number of aliphatic hydroxyl groups is 2. The molecule has 0 amide bonds. The Hall–Kier alpha value is -1.64. The van der Waals surface area contributed by atoms with Gasteiger partial charge >= 0.3 is 0 Å². The molecule has 0 aliphatic heterocycles. The van der Waals surface area contributed by atoms with Crippen molar-refractivity contribution in [1.82, 2.24) is 0 Å². The van der Waals surface area contributed by atoms with Gasteiger partial charge in [-0.3, -0.25) is 0 Å². The van der Waals surface area contributed by atoms with Crippen LogP contribution in [-0.4, -0.2) is 23.4 Å². The average molecular weight is 341 g/mol. The summed E-state index contributed by atoms with van der Waals surface area (Å²) in [6.07, 6.45) is 3.88. The molecule has 0 aromatic heterocycles. The van der Waals surface area contributed by atoms with Gasteiger partial charge in [-0.05, 0) is 59.4 Å². The van der Waals surface area contributed by atoms with Gasteiger partial charge in [0.05, 0.1) is 0 Å². The first-order chi connectivity index (χ1) is 12.1. The molecule has 2 rings (SSSR count). The summed E-state index contributed by atoms with van der Waals surface area (Å²) in [5.41, 5.74) is 6.71. The van der Waals surface area contributed by atoms with Gasteiger partial charge in [-0.25, -0.2) is 0 Å². The van der Waals surface area contributed by atoms with Crippen molar-refractivity contribution in [2.75, 3.05) is 13.2 Å². The summed E-state index contributed by atoms with van der Waals surface area (Å²) in [7, 11) is 0. The molecule has 0 saturated heterocycles. The largest absolute Gasteiger partial charge is 0.396 e.